The van der Waals surface area contributed by atoms with Crippen LogP contribution in [0.1, 0.15) is 81.5 Å². The summed E-state index contributed by atoms with van der Waals surface area (Å²) in [5.41, 5.74) is 5.87. The van der Waals surface area contributed by atoms with Gasteiger partial charge in [0.2, 0.25) is 0 Å². The number of rotatable bonds is 12. The summed E-state index contributed by atoms with van der Waals surface area (Å²) in [7, 11) is 0. The van der Waals surface area contributed by atoms with E-state index in [0.717, 1.165) is 6.54 Å². The predicted molar refractivity (Wildman–Crippen MR) is 87.0 cm³/mol. The molecule has 1 aromatic heterocycles. The molecule has 0 saturated heterocycles. The number of aryl methyl sites for hydroxylation is 1. The van der Waals surface area contributed by atoms with Crippen LogP contribution < -0.4 is 27.3 Å². The first-order valence-electron chi connectivity index (χ1n) is 8.53. The summed E-state index contributed by atoms with van der Waals surface area (Å²) in [6.07, 6.45) is 17.3. The molecule has 2 N–H and O–H groups in total. The van der Waals surface area contributed by atoms with Crippen LogP contribution in [0.2, 0.25) is 0 Å². The molecule has 0 bridgehead atoms. The maximum absolute atomic E-state index is 11.1. The number of nitrogens with two attached hydrogens (primary N) is 1. The molecule has 0 radical (unpaired) electrons. The second-order valence-electron chi connectivity index (χ2n) is 5.88. The summed E-state index contributed by atoms with van der Waals surface area (Å²) in [5.74, 6) is -0.354. The molecule has 0 spiro atoms. The molecule has 22 heavy (non-hydrogen) atoms. The van der Waals surface area contributed by atoms with E-state index in [1.54, 1.807) is 6.07 Å². The van der Waals surface area contributed by atoms with Gasteiger partial charge in [0.15, 0.2) is 12.4 Å². The van der Waals surface area contributed by atoms with Crippen molar-refractivity contribution in [2.75, 3.05) is 0 Å². The Kier molecular flexibility index (Phi) is 13.2. The lowest BCUT2D eigenvalue weighted by molar-refractivity contribution is -0.697. The van der Waals surface area contributed by atoms with Crippen LogP contribution in [0, 0.1) is 0 Å². The van der Waals surface area contributed by atoms with Gasteiger partial charge in [-0.2, -0.15) is 0 Å². The second-order valence-corrected chi connectivity index (χ2v) is 5.88. The van der Waals surface area contributed by atoms with Gasteiger partial charge in [0.1, 0.15) is 12.1 Å². The molecule has 0 fully saturated rings. The van der Waals surface area contributed by atoms with Gasteiger partial charge in [-0.3, -0.25) is 4.79 Å². The highest BCUT2D eigenvalue weighted by Crippen LogP contribution is 2.10. The van der Waals surface area contributed by atoms with Crippen molar-refractivity contribution in [3.63, 3.8) is 0 Å². The van der Waals surface area contributed by atoms with E-state index < -0.39 is 0 Å². The number of pyridine rings is 1. The number of hydrogen-bond donors (Lipinski definition) is 1. The van der Waals surface area contributed by atoms with Crippen molar-refractivity contribution < 1.29 is 26.3 Å². The Morgan fingerprint density at radius 3 is 2.09 bits per heavy atom. The number of unbranched alkanes of at least 4 members (excludes halogenated alkanes) is 9. The summed E-state index contributed by atoms with van der Waals surface area (Å²) in [6.45, 7) is 3.23. The minimum atomic E-state index is -0.354. The number of hydrogen-bond acceptors (Lipinski definition) is 1. The molecule has 1 amide bonds. The first-order valence-corrected chi connectivity index (χ1v) is 8.53. The number of primary amides is 1. The van der Waals surface area contributed by atoms with Crippen molar-refractivity contribution in [3.8, 4) is 0 Å². The number of nitrogens with zero attached hydrogens (tertiary/aromatic N) is 1. The van der Waals surface area contributed by atoms with E-state index in [4.69, 9.17) is 5.73 Å². The topological polar surface area (TPSA) is 47.0 Å². The Labute approximate surface area is 146 Å². The molecule has 1 aromatic rings. The van der Waals surface area contributed by atoms with E-state index in [1.165, 1.54) is 64.2 Å². The minimum Gasteiger partial charge on any atom is -1.00 e. The lowest BCUT2D eigenvalue weighted by Gasteiger charge is -2.01. The Hall–Kier alpha value is -0.900. The largest absolute Gasteiger partial charge is 1.00 e. The van der Waals surface area contributed by atoms with E-state index in [0.29, 0.717) is 5.56 Å². The summed E-state index contributed by atoms with van der Waals surface area (Å²) >= 11 is 0. The van der Waals surface area contributed by atoms with Crippen LogP contribution in [0.25, 0.3) is 0 Å². The average molecular weight is 371 g/mol. The van der Waals surface area contributed by atoms with Crippen molar-refractivity contribution >= 4 is 5.91 Å². The molecule has 126 valence electrons. The zero-order valence-corrected chi connectivity index (χ0v) is 15.5. The van der Waals surface area contributed by atoms with Crippen LogP contribution in [0.4, 0.5) is 0 Å². The Morgan fingerprint density at radius 1 is 1.00 bits per heavy atom. The van der Waals surface area contributed by atoms with Gasteiger partial charge in [0.25, 0.3) is 5.91 Å². The lowest BCUT2D eigenvalue weighted by Crippen LogP contribution is -3.00. The van der Waals surface area contributed by atoms with Gasteiger partial charge in [-0.15, -0.1) is 0 Å². The van der Waals surface area contributed by atoms with Crippen molar-refractivity contribution in [2.45, 2.75) is 77.7 Å². The lowest BCUT2D eigenvalue weighted by atomic mass is 10.1. The smallest absolute Gasteiger partial charge is 0.254 e. The van der Waals surface area contributed by atoms with Crippen LogP contribution in [0.3, 0.4) is 0 Å². The summed E-state index contributed by atoms with van der Waals surface area (Å²) in [5, 5.41) is 0. The average Bonchev–Trinajstić information content (AvgIpc) is 2.49. The van der Waals surface area contributed by atoms with Crippen LogP contribution in [0.15, 0.2) is 24.5 Å². The Bertz CT molecular complexity index is 410. The van der Waals surface area contributed by atoms with Gasteiger partial charge in [-0.1, -0.05) is 58.3 Å². The van der Waals surface area contributed by atoms with E-state index >= 15 is 0 Å². The van der Waals surface area contributed by atoms with Crippen LogP contribution in [-0.2, 0) is 6.54 Å². The third-order valence-electron chi connectivity index (χ3n) is 3.91. The number of carbonyl (C=O) groups excluding carboxylic acids is 1. The number of carbonyl (C=O) groups is 1. The molecule has 0 aliphatic heterocycles. The highest BCUT2D eigenvalue weighted by Gasteiger charge is 2.06. The number of aromatic nitrogens is 1. The molecular weight excluding hydrogens is 340 g/mol. The van der Waals surface area contributed by atoms with Crippen LogP contribution in [-0.4, -0.2) is 5.91 Å². The first-order chi connectivity index (χ1) is 10.2. The Balaban J connectivity index is 0.00000441. The monoisotopic (exact) mass is 370 g/mol. The summed E-state index contributed by atoms with van der Waals surface area (Å²) in [4.78, 5) is 11.1. The highest BCUT2D eigenvalue weighted by atomic mass is 79.9. The second kappa shape index (κ2) is 13.7. The summed E-state index contributed by atoms with van der Waals surface area (Å²) < 4.78 is 2.06. The maximum atomic E-state index is 11.1. The summed E-state index contributed by atoms with van der Waals surface area (Å²) in [6, 6.07) is 3.65. The molecule has 0 atom stereocenters. The van der Waals surface area contributed by atoms with Crippen molar-refractivity contribution in [3.05, 3.63) is 30.1 Å². The molecule has 0 aromatic carbocycles. The standard InChI is InChI=1S/C18H30N2O.BrH/c1-2-3-4-5-6-7-8-9-10-11-14-20-15-12-13-17(16-20)18(19)21;/h12-13,15-16H,2-11,14H2,1H3,(H-,19,21);1H. The zero-order chi connectivity index (χ0) is 15.3. The SMILES string of the molecule is CCCCCCCCCCCC[n+]1cccc(C(N)=O)c1.[Br-]. The molecule has 1 rings (SSSR count). The van der Waals surface area contributed by atoms with Gasteiger partial charge in [0.05, 0.1) is 0 Å². The van der Waals surface area contributed by atoms with Crippen molar-refractivity contribution in [1.29, 1.82) is 0 Å². The first kappa shape index (κ1) is 21.1. The molecule has 0 saturated carbocycles. The fourth-order valence-corrected chi connectivity index (χ4v) is 2.59. The molecule has 0 aliphatic rings. The number of halogens is 1. The molecule has 1 heterocycles. The maximum Gasteiger partial charge on any atom is 0.254 e. The molecular formula is C18H31BrN2O. The molecule has 0 unspecified atom stereocenters. The minimum absolute atomic E-state index is 0. The molecule has 3 nitrogen and oxygen atoms in total. The third kappa shape index (κ3) is 9.93. The van der Waals surface area contributed by atoms with Gasteiger partial charge in [-0.25, -0.2) is 4.57 Å². The number of amides is 1. The molecule has 0 aliphatic carbocycles. The fourth-order valence-electron chi connectivity index (χ4n) is 2.59. The van der Waals surface area contributed by atoms with Crippen molar-refractivity contribution in [2.24, 2.45) is 5.73 Å². The van der Waals surface area contributed by atoms with Gasteiger partial charge < -0.3 is 22.7 Å². The van der Waals surface area contributed by atoms with E-state index in [9.17, 15) is 4.79 Å². The van der Waals surface area contributed by atoms with Gasteiger partial charge >= 0.3 is 0 Å². The third-order valence-corrected chi connectivity index (χ3v) is 3.91. The van der Waals surface area contributed by atoms with Gasteiger partial charge in [-0.05, 0) is 12.5 Å². The van der Waals surface area contributed by atoms with E-state index in [1.807, 2.05) is 18.5 Å². The van der Waals surface area contributed by atoms with E-state index in [-0.39, 0.29) is 22.9 Å². The Morgan fingerprint density at radius 2 is 1.55 bits per heavy atom. The quantitative estimate of drug-likeness (QED) is 0.433. The zero-order valence-electron chi connectivity index (χ0n) is 13.9. The highest BCUT2D eigenvalue weighted by molar-refractivity contribution is 5.92. The predicted octanol–water partition coefficient (Wildman–Crippen LogP) is 0.998. The van der Waals surface area contributed by atoms with Gasteiger partial charge in [0, 0.05) is 12.5 Å². The van der Waals surface area contributed by atoms with Crippen LogP contribution in [0.5, 0.6) is 0 Å². The van der Waals surface area contributed by atoms with E-state index in [2.05, 4.69) is 11.5 Å². The normalized spacial score (nSPS) is 10.2. The van der Waals surface area contributed by atoms with Crippen molar-refractivity contribution in [1.82, 2.24) is 0 Å². The molecule has 4 heteroatoms. The fraction of sp³-hybridized carbons (Fsp3) is 0.667. The van der Waals surface area contributed by atoms with Crippen LogP contribution >= 0.6 is 0 Å².